The Bertz CT molecular complexity index is 862. The standard InChI is InChI=1S/C18H25N5O3S/c1-5-26-16(25)10-22(9-13-6-7-13)15(24)8-14-11(2)19-17-20-18(27-4)21-23(17)12(14)3/h13H,5-10H2,1-4H3. The Morgan fingerprint density at radius 2 is 2.04 bits per heavy atom. The summed E-state index contributed by atoms with van der Waals surface area (Å²) in [5.41, 5.74) is 2.44. The van der Waals surface area contributed by atoms with Gasteiger partial charge in [0, 0.05) is 23.5 Å². The molecule has 0 unspecified atom stereocenters. The van der Waals surface area contributed by atoms with Crippen LogP contribution in [-0.4, -0.2) is 62.3 Å². The van der Waals surface area contributed by atoms with Gasteiger partial charge in [0.05, 0.1) is 13.0 Å². The molecule has 2 heterocycles. The second-order valence-electron chi connectivity index (χ2n) is 6.77. The van der Waals surface area contributed by atoms with Crippen molar-refractivity contribution >= 4 is 29.4 Å². The number of ether oxygens (including phenoxy) is 1. The van der Waals surface area contributed by atoms with Crippen molar-refractivity contribution in [2.45, 2.75) is 45.2 Å². The van der Waals surface area contributed by atoms with E-state index in [2.05, 4.69) is 15.1 Å². The van der Waals surface area contributed by atoms with Gasteiger partial charge in [-0.2, -0.15) is 4.98 Å². The van der Waals surface area contributed by atoms with Gasteiger partial charge in [-0.3, -0.25) is 9.59 Å². The van der Waals surface area contributed by atoms with E-state index in [-0.39, 0.29) is 24.8 Å². The van der Waals surface area contributed by atoms with Crippen molar-refractivity contribution in [3.63, 3.8) is 0 Å². The minimum absolute atomic E-state index is 0.00309. The zero-order valence-corrected chi connectivity index (χ0v) is 17.0. The second-order valence-corrected chi connectivity index (χ2v) is 7.54. The normalized spacial score (nSPS) is 13.8. The first-order valence-corrected chi connectivity index (χ1v) is 10.4. The van der Waals surface area contributed by atoms with Gasteiger partial charge in [0.25, 0.3) is 5.78 Å². The Balaban J connectivity index is 1.82. The predicted octanol–water partition coefficient (Wildman–Crippen LogP) is 1.81. The topological polar surface area (TPSA) is 89.7 Å². The lowest BCUT2D eigenvalue weighted by Gasteiger charge is -2.22. The molecule has 0 radical (unpaired) electrons. The van der Waals surface area contributed by atoms with Gasteiger partial charge in [-0.15, -0.1) is 5.10 Å². The van der Waals surface area contributed by atoms with E-state index >= 15 is 0 Å². The number of amides is 1. The lowest BCUT2D eigenvalue weighted by molar-refractivity contribution is -0.148. The van der Waals surface area contributed by atoms with Gasteiger partial charge in [-0.1, -0.05) is 11.8 Å². The van der Waals surface area contributed by atoms with E-state index in [1.807, 2.05) is 20.1 Å². The summed E-state index contributed by atoms with van der Waals surface area (Å²) < 4.78 is 6.70. The fourth-order valence-electron chi connectivity index (χ4n) is 3.02. The molecule has 0 N–H and O–H groups in total. The average molecular weight is 391 g/mol. The molecule has 0 saturated heterocycles. The van der Waals surface area contributed by atoms with Gasteiger partial charge in [0.15, 0.2) is 0 Å². The number of fused-ring (bicyclic) bond motifs is 1. The fourth-order valence-corrected chi connectivity index (χ4v) is 3.36. The first-order chi connectivity index (χ1) is 12.9. The van der Waals surface area contributed by atoms with Gasteiger partial charge < -0.3 is 9.64 Å². The molecule has 0 spiro atoms. The highest BCUT2D eigenvalue weighted by atomic mass is 32.2. The largest absolute Gasteiger partial charge is 0.465 e. The molecular formula is C18H25N5O3S. The maximum atomic E-state index is 13.0. The minimum atomic E-state index is -0.366. The lowest BCUT2D eigenvalue weighted by Crippen LogP contribution is -2.39. The van der Waals surface area contributed by atoms with E-state index in [0.717, 1.165) is 29.8 Å². The summed E-state index contributed by atoms with van der Waals surface area (Å²) in [6.45, 7) is 6.47. The molecule has 1 amide bonds. The molecule has 0 aliphatic heterocycles. The Morgan fingerprint density at radius 1 is 1.30 bits per heavy atom. The van der Waals surface area contributed by atoms with Gasteiger partial charge >= 0.3 is 5.97 Å². The SMILES string of the molecule is CCOC(=O)CN(CC1CC1)C(=O)Cc1c(C)nc2nc(SC)nn2c1C. The monoisotopic (exact) mass is 391 g/mol. The van der Waals surface area contributed by atoms with Crippen LogP contribution in [0.5, 0.6) is 0 Å². The van der Waals surface area contributed by atoms with Crippen LogP contribution >= 0.6 is 11.8 Å². The number of aryl methyl sites for hydroxylation is 2. The number of carbonyl (C=O) groups excluding carboxylic acids is 2. The van der Waals surface area contributed by atoms with Crippen LogP contribution in [0.1, 0.15) is 36.7 Å². The molecule has 2 aromatic heterocycles. The molecule has 1 aliphatic carbocycles. The maximum absolute atomic E-state index is 13.0. The number of thioether (sulfide) groups is 1. The zero-order chi connectivity index (χ0) is 19.6. The van der Waals surface area contributed by atoms with E-state index in [9.17, 15) is 9.59 Å². The smallest absolute Gasteiger partial charge is 0.325 e. The van der Waals surface area contributed by atoms with Crippen LogP contribution in [0, 0.1) is 19.8 Å². The summed E-state index contributed by atoms with van der Waals surface area (Å²) >= 11 is 1.45. The molecule has 8 nitrogen and oxygen atoms in total. The summed E-state index contributed by atoms with van der Waals surface area (Å²) in [7, 11) is 0. The van der Waals surface area contributed by atoms with Crippen molar-refractivity contribution in [1.82, 2.24) is 24.5 Å². The summed E-state index contributed by atoms with van der Waals surface area (Å²) in [4.78, 5) is 35.3. The Labute approximate surface area is 162 Å². The third-order valence-corrected chi connectivity index (χ3v) is 5.23. The van der Waals surface area contributed by atoms with Gasteiger partial charge in [0.1, 0.15) is 6.54 Å². The van der Waals surface area contributed by atoms with E-state index in [1.54, 1.807) is 16.3 Å². The van der Waals surface area contributed by atoms with Crippen molar-refractivity contribution in [3.8, 4) is 0 Å². The maximum Gasteiger partial charge on any atom is 0.325 e. The molecule has 146 valence electrons. The third-order valence-electron chi connectivity index (χ3n) is 4.69. The van der Waals surface area contributed by atoms with Gasteiger partial charge in [-0.05, 0) is 45.8 Å². The van der Waals surface area contributed by atoms with Gasteiger partial charge in [0.2, 0.25) is 11.1 Å². The number of rotatable bonds is 8. The molecule has 1 saturated carbocycles. The molecular weight excluding hydrogens is 366 g/mol. The molecule has 1 aliphatic rings. The van der Waals surface area contributed by atoms with Crippen LogP contribution in [0.25, 0.3) is 5.78 Å². The Hall–Kier alpha value is -2.16. The molecule has 3 rings (SSSR count). The zero-order valence-electron chi connectivity index (χ0n) is 16.2. The Morgan fingerprint density at radius 3 is 2.67 bits per heavy atom. The Kier molecular flexibility index (Phi) is 5.98. The third kappa shape index (κ3) is 4.58. The highest BCUT2D eigenvalue weighted by molar-refractivity contribution is 7.98. The van der Waals surface area contributed by atoms with E-state index < -0.39 is 0 Å². The summed E-state index contributed by atoms with van der Waals surface area (Å²) in [6.07, 6.45) is 4.30. The lowest BCUT2D eigenvalue weighted by atomic mass is 10.1. The highest BCUT2D eigenvalue weighted by Crippen LogP contribution is 2.30. The number of hydrogen-bond acceptors (Lipinski definition) is 7. The van der Waals surface area contributed by atoms with Crippen molar-refractivity contribution in [2.24, 2.45) is 5.92 Å². The predicted molar refractivity (Wildman–Crippen MR) is 102 cm³/mol. The van der Waals surface area contributed by atoms with Crippen LogP contribution in [0.15, 0.2) is 5.16 Å². The number of carbonyl (C=O) groups is 2. The van der Waals surface area contributed by atoms with Crippen molar-refractivity contribution in [3.05, 3.63) is 17.0 Å². The summed E-state index contributed by atoms with van der Waals surface area (Å²) in [6, 6.07) is 0. The number of nitrogens with zero attached hydrogens (tertiary/aromatic N) is 5. The number of aromatic nitrogens is 4. The van der Waals surface area contributed by atoms with Gasteiger partial charge in [-0.25, -0.2) is 9.50 Å². The molecule has 0 atom stereocenters. The van der Waals surface area contributed by atoms with Crippen LogP contribution in [0.3, 0.4) is 0 Å². The average Bonchev–Trinajstić information content (AvgIpc) is 3.35. The van der Waals surface area contributed by atoms with Crippen molar-refractivity contribution in [2.75, 3.05) is 26.0 Å². The quantitative estimate of drug-likeness (QED) is 0.501. The van der Waals surface area contributed by atoms with E-state index in [1.165, 1.54) is 11.8 Å². The minimum Gasteiger partial charge on any atom is -0.465 e. The van der Waals surface area contributed by atoms with Crippen LogP contribution in [0.4, 0.5) is 0 Å². The summed E-state index contributed by atoms with van der Waals surface area (Å²) in [5, 5.41) is 5.07. The second kappa shape index (κ2) is 8.24. The molecule has 1 fully saturated rings. The number of hydrogen-bond donors (Lipinski definition) is 0. The van der Waals surface area contributed by atoms with Crippen LogP contribution in [0.2, 0.25) is 0 Å². The number of esters is 1. The molecule has 9 heteroatoms. The van der Waals surface area contributed by atoms with Crippen LogP contribution < -0.4 is 0 Å². The molecule has 2 aromatic rings. The molecule has 0 bridgehead atoms. The first kappa shape index (κ1) is 19.6. The van der Waals surface area contributed by atoms with E-state index in [0.29, 0.717) is 30.0 Å². The summed E-state index contributed by atoms with van der Waals surface area (Å²) in [5.74, 6) is 0.569. The highest BCUT2D eigenvalue weighted by Gasteiger charge is 2.29. The van der Waals surface area contributed by atoms with Crippen LogP contribution in [-0.2, 0) is 20.7 Å². The molecule has 27 heavy (non-hydrogen) atoms. The molecule has 0 aromatic carbocycles. The van der Waals surface area contributed by atoms with Crippen molar-refractivity contribution < 1.29 is 14.3 Å². The first-order valence-electron chi connectivity index (χ1n) is 9.13. The van der Waals surface area contributed by atoms with E-state index in [4.69, 9.17) is 4.74 Å². The van der Waals surface area contributed by atoms with Crippen molar-refractivity contribution in [1.29, 1.82) is 0 Å². The fraction of sp³-hybridized carbons (Fsp3) is 0.611.